The third-order valence-corrected chi connectivity index (χ3v) is 8.19. The SMILES string of the molecule is COC(=O)c1ccc(CO[C@@H](CC2CCCCC2)C(=O)N2CCSCC2)cc1-c1ccccc1C. The van der Waals surface area contributed by atoms with Gasteiger partial charge in [-0.25, -0.2) is 4.79 Å². The van der Waals surface area contributed by atoms with Crippen LogP contribution in [0.3, 0.4) is 0 Å². The predicted molar refractivity (Wildman–Crippen MR) is 142 cm³/mol. The van der Waals surface area contributed by atoms with Gasteiger partial charge in [-0.05, 0) is 53.6 Å². The molecule has 1 aliphatic carbocycles. The average Bonchev–Trinajstić information content (AvgIpc) is 2.91. The van der Waals surface area contributed by atoms with Crippen molar-refractivity contribution < 1.29 is 19.1 Å². The molecule has 2 aliphatic rings. The molecule has 1 atom stereocenters. The van der Waals surface area contributed by atoms with Crippen LogP contribution >= 0.6 is 11.8 Å². The summed E-state index contributed by atoms with van der Waals surface area (Å²) < 4.78 is 11.4. The van der Waals surface area contributed by atoms with Gasteiger partial charge >= 0.3 is 5.97 Å². The number of hydrogen-bond acceptors (Lipinski definition) is 5. The van der Waals surface area contributed by atoms with Gasteiger partial charge in [-0.1, -0.05) is 62.4 Å². The third kappa shape index (κ3) is 6.68. The Hall–Kier alpha value is -2.31. The van der Waals surface area contributed by atoms with Gasteiger partial charge in [0.05, 0.1) is 19.3 Å². The van der Waals surface area contributed by atoms with Gasteiger partial charge in [-0.2, -0.15) is 11.8 Å². The number of nitrogens with zero attached hydrogens (tertiary/aromatic N) is 1. The van der Waals surface area contributed by atoms with Crippen LogP contribution in [-0.4, -0.2) is 54.6 Å². The van der Waals surface area contributed by atoms with Gasteiger partial charge in [0, 0.05) is 24.6 Å². The number of carbonyl (C=O) groups excluding carboxylic acids is 2. The molecule has 188 valence electrons. The van der Waals surface area contributed by atoms with Gasteiger partial charge in [-0.3, -0.25) is 4.79 Å². The molecule has 2 fully saturated rings. The molecule has 0 bridgehead atoms. The number of thioether (sulfide) groups is 1. The third-order valence-electron chi connectivity index (χ3n) is 7.25. The number of ether oxygens (including phenoxy) is 2. The second-order valence-corrected chi connectivity index (χ2v) is 10.9. The van der Waals surface area contributed by atoms with Crippen LogP contribution in [0, 0.1) is 12.8 Å². The summed E-state index contributed by atoms with van der Waals surface area (Å²) >= 11 is 1.91. The van der Waals surface area contributed by atoms with Crippen molar-refractivity contribution in [3.8, 4) is 11.1 Å². The molecule has 4 rings (SSSR count). The molecule has 2 aromatic carbocycles. The van der Waals surface area contributed by atoms with Crippen LogP contribution in [0.4, 0.5) is 0 Å². The van der Waals surface area contributed by atoms with Crippen molar-refractivity contribution in [2.24, 2.45) is 5.92 Å². The summed E-state index contributed by atoms with van der Waals surface area (Å²) in [7, 11) is 1.40. The van der Waals surface area contributed by atoms with Crippen molar-refractivity contribution in [2.75, 3.05) is 31.7 Å². The van der Waals surface area contributed by atoms with E-state index >= 15 is 0 Å². The van der Waals surface area contributed by atoms with E-state index in [-0.39, 0.29) is 11.9 Å². The minimum absolute atomic E-state index is 0.140. The minimum Gasteiger partial charge on any atom is -0.465 e. The van der Waals surface area contributed by atoms with Crippen LogP contribution in [0.2, 0.25) is 0 Å². The van der Waals surface area contributed by atoms with E-state index in [1.807, 2.05) is 66.1 Å². The molecule has 5 nitrogen and oxygen atoms in total. The van der Waals surface area contributed by atoms with E-state index in [2.05, 4.69) is 0 Å². The fourth-order valence-electron chi connectivity index (χ4n) is 5.22. The maximum Gasteiger partial charge on any atom is 0.338 e. The van der Waals surface area contributed by atoms with Crippen LogP contribution in [-0.2, 0) is 20.9 Å². The molecule has 0 aromatic heterocycles. The molecular formula is C29H37NO4S. The monoisotopic (exact) mass is 495 g/mol. The van der Waals surface area contributed by atoms with E-state index in [0.717, 1.165) is 53.3 Å². The smallest absolute Gasteiger partial charge is 0.338 e. The van der Waals surface area contributed by atoms with Gasteiger partial charge in [-0.15, -0.1) is 0 Å². The maximum atomic E-state index is 13.4. The fraction of sp³-hybridized carbons (Fsp3) is 0.517. The minimum atomic E-state index is -0.414. The molecule has 1 heterocycles. The van der Waals surface area contributed by atoms with E-state index < -0.39 is 6.10 Å². The van der Waals surface area contributed by atoms with Gasteiger partial charge in [0.15, 0.2) is 0 Å². The lowest BCUT2D eigenvalue weighted by molar-refractivity contribution is -0.145. The Bertz CT molecular complexity index is 1010. The number of carbonyl (C=O) groups is 2. The Balaban J connectivity index is 1.55. The normalized spacial score (nSPS) is 17.7. The zero-order valence-electron chi connectivity index (χ0n) is 21.0. The first-order valence-electron chi connectivity index (χ1n) is 12.8. The highest BCUT2D eigenvalue weighted by molar-refractivity contribution is 7.99. The Morgan fingerprint density at radius 2 is 1.77 bits per heavy atom. The summed E-state index contributed by atoms with van der Waals surface area (Å²) in [5.74, 6) is 2.33. The van der Waals surface area contributed by atoms with Gasteiger partial charge in [0.25, 0.3) is 5.91 Å². The average molecular weight is 496 g/mol. The summed E-state index contributed by atoms with van der Waals surface area (Å²) in [6.07, 6.45) is 6.56. The zero-order valence-corrected chi connectivity index (χ0v) is 21.8. The van der Waals surface area contributed by atoms with Crippen LogP contribution in [0.25, 0.3) is 11.1 Å². The van der Waals surface area contributed by atoms with Crippen LogP contribution in [0.5, 0.6) is 0 Å². The molecular weight excluding hydrogens is 458 g/mol. The van der Waals surface area contributed by atoms with Crippen molar-refractivity contribution >= 4 is 23.6 Å². The predicted octanol–water partition coefficient (Wildman–Crippen LogP) is 5.88. The lowest BCUT2D eigenvalue weighted by atomic mass is 9.85. The topological polar surface area (TPSA) is 55.8 Å². The van der Waals surface area contributed by atoms with Crippen molar-refractivity contribution in [2.45, 2.75) is 58.2 Å². The number of amides is 1. The van der Waals surface area contributed by atoms with Gasteiger partial charge < -0.3 is 14.4 Å². The van der Waals surface area contributed by atoms with Crippen molar-refractivity contribution in [3.05, 3.63) is 59.2 Å². The largest absolute Gasteiger partial charge is 0.465 e. The molecule has 0 unspecified atom stereocenters. The van der Waals surface area contributed by atoms with E-state index in [0.29, 0.717) is 18.1 Å². The Labute approximate surface area is 213 Å². The first-order chi connectivity index (χ1) is 17.1. The summed E-state index contributed by atoms with van der Waals surface area (Å²) in [4.78, 5) is 27.9. The second kappa shape index (κ2) is 12.6. The van der Waals surface area contributed by atoms with E-state index in [9.17, 15) is 9.59 Å². The van der Waals surface area contributed by atoms with Crippen LogP contribution in [0.1, 0.15) is 60.0 Å². The Kier molecular flexibility index (Phi) is 9.27. The summed E-state index contributed by atoms with van der Waals surface area (Å²) in [6.45, 7) is 3.99. The molecule has 6 heteroatoms. The van der Waals surface area contributed by atoms with Crippen LogP contribution in [0.15, 0.2) is 42.5 Å². The molecule has 0 radical (unpaired) electrons. The number of benzene rings is 2. The molecule has 0 N–H and O–H groups in total. The Morgan fingerprint density at radius 3 is 2.49 bits per heavy atom. The fourth-order valence-corrected chi connectivity index (χ4v) is 6.12. The standard InChI is InChI=1S/C29H37NO4S/c1-21-8-6-7-11-24(21)26-18-23(12-13-25(26)29(32)33-2)20-34-27(19-22-9-4-3-5-10-22)28(31)30-14-16-35-17-15-30/h6-8,11-13,18,22,27H,3-5,9-10,14-17,19-20H2,1-2H3/t27-/m0/s1. The number of rotatable bonds is 8. The highest BCUT2D eigenvalue weighted by Gasteiger charge is 2.30. The molecule has 2 aromatic rings. The van der Waals surface area contributed by atoms with Crippen molar-refractivity contribution in [1.29, 1.82) is 0 Å². The number of esters is 1. The highest BCUT2D eigenvalue weighted by atomic mass is 32.2. The van der Waals surface area contributed by atoms with Crippen LogP contribution < -0.4 is 0 Å². The van der Waals surface area contributed by atoms with Crippen molar-refractivity contribution in [1.82, 2.24) is 4.90 Å². The summed E-state index contributed by atoms with van der Waals surface area (Å²) in [5.41, 5.74) is 4.40. The lowest BCUT2D eigenvalue weighted by Gasteiger charge is -2.32. The van der Waals surface area contributed by atoms with E-state index in [1.165, 1.54) is 39.2 Å². The highest BCUT2D eigenvalue weighted by Crippen LogP contribution is 2.31. The molecule has 0 spiro atoms. The Morgan fingerprint density at radius 1 is 1.03 bits per heavy atom. The molecule has 1 saturated heterocycles. The lowest BCUT2D eigenvalue weighted by Crippen LogP contribution is -2.45. The summed E-state index contributed by atoms with van der Waals surface area (Å²) in [6, 6.07) is 13.8. The molecule has 1 aliphatic heterocycles. The van der Waals surface area contributed by atoms with Crippen molar-refractivity contribution in [3.63, 3.8) is 0 Å². The molecule has 1 saturated carbocycles. The second-order valence-electron chi connectivity index (χ2n) is 9.66. The maximum absolute atomic E-state index is 13.4. The number of methoxy groups -OCH3 is 1. The summed E-state index contributed by atoms with van der Waals surface area (Å²) in [5, 5.41) is 0. The van der Waals surface area contributed by atoms with E-state index in [1.54, 1.807) is 0 Å². The first kappa shape index (κ1) is 25.8. The molecule has 35 heavy (non-hydrogen) atoms. The number of hydrogen-bond donors (Lipinski definition) is 0. The zero-order chi connectivity index (χ0) is 24.6. The van der Waals surface area contributed by atoms with E-state index in [4.69, 9.17) is 9.47 Å². The van der Waals surface area contributed by atoms with Gasteiger partial charge in [0.2, 0.25) is 0 Å². The number of aryl methyl sites for hydroxylation is 1. The first-order valence-corrected chi connectivity index (χ1v) is 14.0. The van der Waals surface area contributed by atoms with Gasteiger partial charge in [0.1, 0.15) is 6.10 Å². The molecule has 1 amide bonds. The quantitative estimate of drug-likeness (QED) is 0.428.